The van der Waals surface area contributed by atoms with E-state index in [1.54, 1.807) is 24.3 Å². The van der Waals surface area contributed by atoms with Crippen LogP contribution >= 0.6 is 15.9 Å². The Bertz CT molecular complexity index is 833. The van der Waals surface area contributed by atoms with Gasteiger partial charge >= 0.3 is 5.69 Å². The Balaban J connectivity index is 2.11. The summed E-state index contributed by atoms with van der Waals surface area (Å²) in [5.41, 5.74) is 2.17. The van der Waals surface area contributed by atoms with Gasteiger partial charge in [0.05, 0.1) is 11.0 Å². The van der Waals surface area contributed by atoms with Crippen LogP contribution in [0.1, 0.15) is 15.9 Å². The highest BCUT2D eigenvalue weighted by Crippen LogP contribution is 2.21. The molecule has 0 amide bonds. The maximum absolute atomic E-state index is 12.4. The predicted octanol–water partition coefficient (Wildman–Crippen LogP) is 2.85. The lowest BCUT2D eigenvalue weighted by molar-refractivity contribution is 0.103. The molecule has 3 rings (SSSR count). The Kier molecular flexibility index (Phi) is 2.83. The molecule has 19 heavy (non-hydrogen) atoms. The molecule has 1 aromatic heterocycles. The summed E-state index contributed by atoms with van der Waals surface area (Å²) >= 11 is 3.36. The number of carbonyl (C=O) groups excluding carboxylic acids is 1. The lowest BCUT2D eigenvalue weighted by Gasteiger charge is -2.03. The fourth-order valence-electron chi connectivity index (χ4n) is 1.97. The summed E-state index contributed by atoms with van der Waals surface area (Å²) in [6, 6.07) is 12.4. The Morgan fingerprint density at radius 3 is 2.53 bits per heavy atom. The summed E-state index contributed by atoms with van der Waals surface area (Å²) in [7, 11) is 0. The van der Waals surface area contributed by atoms with Gasteiger partial charge in [0.25, 0.3) is 0 Å². The van der Waals surface area contributed by atoms with E-state index in [2.05, 4.69) is 25.9 Å². The van der Waals surface area contributed by atoms with Crippen LogP contribution < -0.4 is 5.69 Å². The molecule has 0 saturated heterocycles. The molecule has 2 N–H and O–H groups in total. The van der Waals surface area contributed by atoms with Crippen molar-refractivity contribution in [2.24, 2.45) is 0 Å². The van der Waals surface area contributed by atoms with Crippen molar-refractivity contribution in [3.8, 4) is 0 Å². The zero-order valence-corrected chi connectivity index (χ0v) is 11.3. The number of hydrogen-bond donors (Lipinski definition) is 2. The van der Waals surface area contributed by atoms with Gasteiger partial charge in [-0.2, -0.15) is 0 Å². The number of benzene rings is 2. The molecule has 0 saturated carbocycles. The van der Waals surface area contributed by atoms with Gasteiger partial charge < -0.3 is 9.97 Å². The number of fused-ring (bicyclic) bond motifs is 1. The van der Waals surface area contributed by atoms with Gasteiger partial charge in [0.15, 0.2) is 5.78 Å². The van der Waals surface area contributed by atoms with E-state index in [0.717, 1.165) is 4.47 Å². The van der Waals surface area contributed by atoms with Crippen molar-refractivity contribution in [2.75, 3.05) is 0 Å². The van der Waals surface area contributed by atoms with Gasteiger partial charge in [0, 0.05) is 15.6 Å². The van der Waals surface area contributed by atoms with Crippen molar-refractivity contribution in [3.05, 3.63) is 68.5 Å². The largest absolute Gasteiger partial charge is 0.323 e. The van der Waals surface area contributed by atoms with E-state index in [9.17, 15) is 9.59 Å². The fraction of sp³-hybridized carbons (Fsp3) is 0. The lowest BCUT2D eigenvalue weighted by Crippen LogP contribution is -2.02. The SMILES string of the molecule is O=C(c1ccc2[nH]c(=O)[nH]c2c1)c1ccccc1Br. The van der Waals surface area contributed by atoms with Gasteiger partial charge in [-0.25, -0.2) is 4.79 Å². The third-order valence-electron chi connectivity index (χ3n) is 2.90. The Hall–Kier alpha value is -2.14. The van der Waals surface area contributed by atoms with Crippen molar-refractivity contribution in [2.45, 2.75) is 0 Å². The summed E-state index contributed by atoms with van der Waals surface area (Å²) in [4.78, 5) is 28.9. The predicted molar refractivity (Wildman–Crippen MR) is 76.5 cm³/mol. The lowest BCUT2D eigenvalue weighted by atomic mass is 10.0. The highest BCUT2D eigenvalue weighted by Gasteiger charge is 2.12. The fourth-order valence-corrected chi connectivity index (χ4v) is 2.44. The summed E-state index contributed by atoms with van der Waals surface area (Å²) in [6.45, 7) is 0. The molecule has 4 nitrogen and oxygen atoms in total. The van der Waals surface area contributed by atoms with Crippen LogP contribution in [0.15, 0.2) is 51.7 Å². The van der Waals surface area contributed by atoms with E-state index >= 15 is 0 Å². The van der Waals surface area contributed by atoms with Crippen molar-refractivity contribution in [1.82, 2.24) is 9.97 Å². The van der Waals surface area contributed by atoms with Crippen LogP contribution in [0, 0.1) is 0 Å². The van der Waals surface area contributed by atoms with Crippen LogP contribution in [0.25, 0.3) is 11.0 Å². The first kappa shape index (κ1) is 11.9. The third-order valence-corrected chi connectivity index (χ3v) is 3.59. The smallest absolute Gasteiger partial charge is 0.306 e. The van der Waals surface area contributed by atoms with Gasteiger partial charge in [0.1, 0.15) is 0 Å². The minimum atomic E-state index is -0.277. The van der Waals surface area contributed by atoms with Crippen molar-refractivity contribution in [3.63, 3.8) is 0 Å². The van der Waals surface area contributed by atoms with Crippen LogP contribution in [-0.2, 0) is 0 Å². The molecule has 3 aromatic rings. The number of rotatable bonds is 2. The molecule has 0 spiro atoms. The number of H-pyrrole nitrogens is 2. The first-order valence-electron chi connectivity index (χ1n) is 5.66. The zero-order chi connectivity index (χ0) is 13.4. The molecular formula is C14H9BrN2O2. The van der Waals surface area contributed by atoms with E-state index in [1.807, 2.05) is 18.2 Å². The minimum Gasteiger partial charge on any atom is -0.306 e. The normalized spacial score (nSPS) is 10.8. The van der Waals surface area contributed by atoms with Crippen LogP contribution in [0.3, 0.4) is 0 Å². The van der Waals surface area contributed by atoms with Gasteiger partial charge in [-0.15, -0.1) is 0 Å². The second kappa shape index (κ2) is 4.51. The molecule has 0 unspecified atom stereocenters. The number of hydrogen-bond acceptors (Lipinski definition) is 2. The number of carbonyl (C=O) groups is 1. The van der Waals surface area contributed by atoms with E-state index in [1.165, 1.54) is 0 Å². The average molecular weight is 317 g/mol. The van der Waals surface area contributed by atoms with Crippen molar-refractivity contribution in [1.29, 1.82) is 0 Å². The summed E-state index contributed by atoms with van der Waals surface area (Å²) < 4.78 is 0.752. The molecule has 0 aliphatic heterocycles. The number of nitrogens with one attached hydrogen (secondary N) is 2. The van der Waals surface area contributed by atoms with Crippen LogP contribution in [0.5, 0.6) is 0 Å². The monoisotopic (exact) mass is 316 g/mol. The standard InChI is InChI=1S/C14H9BrN2O2/c15-10-4-2-1-3-9(10)13(18)8-5-6-11-12(7-8)17-14(19)16-11/h1-7H,(H2,16,17,19). The van der Waals surface area contributed by atoms with E-state index in [0.29, 0.717) is 22.2 Å². The third kappa shape index (κ3) is 2.13. The van der Waals surface area contributed by atoms with Crippen LogP contribution in [0.4, 0.5) is 0 Å². The van der Waals surface area contributed by atoms with Gasteiger partial charge in [0.2, 0.25) is 0 Å². The van der Waals surface area contributed by atoms with Gasteiger partial charge in [-0.05, 0) is 30.3 Å². The molecule has 0 atom stereocenters. The number of aromatic amines is 2. The Morgan fingerprint density at radius 2 is 1.74 bits per heavy atom. The molecule has 5 heteroatoms. The molecule has 0 radical (unpaired) electrons. The highest BCUT2D eigenvalue weighted by atomic mass is 79.9. The van der Waals surface area contributed by atoms with Crippen molar-refractivity contribution < 1.29 is 4.79 Å². The first-order valence-corrected chi connectivity index (χ1v) is 6.46. The van der Waals surface area contributed by atoms with E-state index in [4.69, 9.17) is 0 Å². The minimum absolute atomic E-state index is 0.0866. The molecule has 1 heterocycles. The Morgan fingerprint density at radius 1 is 1.00 bits per heavy atom. The van der Waals surface area contributed by atoms with Crippen molar-refractivity contribution >= 4 is 32.7 Å². The van der Waals surface area contributed by atoms with Gasteiger partial charge in [-0.1, -0.05) is 28.1 Å². The topological polar surface area (TPSA) is 65.7 Å². The summed E-state index contributed by atoms with van der Waals surface area (Å²) in [5, 5.41) is 0. The maximum atomic E-state index is 12.4. The molecule has 0 fully saturated rings. The number of ketones is 1. The molecule has 2 aromatic carbocycles. The Labute approximate surface area is 116 Å². The van der Waals surface area contributed by atoms with E-state index in [-0.39, 0.29) is 11.5 Å². The summed E-state index contributed by atoms with van der Waals surface area (Å²) in [6.07, 6.45) is 0. The van der Waals surface area contributed by atoms with Crippen LogP contribution in [0.2, 0.25) is 0 Å². The molecular weight excluding hydrogens is 308 g/mol. The molecule has 94 valence electrons. The summed E-state index contributed by atoms with van der Waals surface area (Å²) in [5.74, 6) is -0.0866. The number of halogens is 1. The maximum Gasteiger partial charge on any atom is 0.323 e. The average Bonchev–Trinajstić information content (AvgIpc) is 2.77. The zero-order valence-electron chi connectivity index (χ0n) is 9.74. The molecule has 0 aliphatic rings. The molecule has 0 bridgehead atoms. The molecule has 0 aliphatic carbocycles. The number of aromatic nitrogens is 2. The second-order valence-corrected chi connectivity index (χ2v) is 5.00. The quantitative estimate of drug-likeness (QED) is 0.714. The van der Waals surface area contributed by atoms with Crippen LogP contribution in [-0.4, -0.2) is 15.8 Å². The number of imidazole rings is 1. The van der Waals surface area contributed by atoms with Gasteiger partial charge in [-0.3, -0.25) is 4.79 Å². The second-order valence-electron chi connectivity index (χ2n) is 4.15. The highest BCUT2D eigenvalue weighted by molar-refractivity contribution is 9.10. The first-order chi connectivity index (χ1) is 9.15. The van der Waals surface area contributed by atoms with E-state index < -0.39 is 0 Å².